The van der Waals surface area contributed by atoms with Gasteiger partial charge in [0, 0.05) is 17.7 Å². The molecule has 0 atom stereocenters. The highest BCUT2D eigenvalue weighted by atomic mass is 35.5. The van der Waals surface area contributed by atoms with Crippen LogP contribution in [0.2, 0.25) is 5.28 Å². The number of sulfone groups is 1. The number of rotatable bonds is 7. The Labute approximate surface area is 160 Å². The molecule has 4 N–H and O–H groups in total. The zero-order valence-electron chi connectivity index (χ0n) is 13.9. The van der Waals surface area contributed by atoms with E-state index in [0.29, 0.717) is 5.69 Å². The molecule has 2 aromatic rings. The summed E-state index contributed by atoms with van der Waals surface area (Å²) in [4.78, 5) is 14.9. The van der Waals surface area contributed by atoms with E-state index >= 15 is 0 Å². The Kier molecular flexibility index (Phi) is 6.30. The van der Waals surface area contributed by atoms with Gasteiger partial charge in [-0.25, -0.2) is 13.4 Å². The third-order valence-corrected chi connectivity index (χ3v) is 5.75. The molecule has 0 unspecified atom stereocenters. The summed E-state index contributed by atoms with van der Waals surface area (Å²) >= 11 is 5.80. The van der Waals surface area contributed by atoms with Gasteiger partial charge in [-0.15, -0.1) is 0 Å². The fraction of sp³-hybridized carbons (Fsp3) is 0.231. The Balaban J connectivity index is 2.24. The fourth-order valence-corrected chi connectivity index (χ4v) is 3.08. The van der Waals surface area contributed by atoms with Gasteiger partial charge in [0.05, 0.1) is 11.4 Å². The lowest BCUT2D eigenvalue weighted by atomic mass is 10.3. The number of nitrogens with one attached hydrogen (secondary N) is 1. The van der Waals surface area contributed by atoms with Gasteiger partial charge in [0.25, 0.3) is 16.1 Å². The highest BCUT2D eigenvalue weighted by Crippen LogP contribution is 2.24. The van der Waals surface area contributed by atoms with Gasteiger partial charge in [0.15, 0.2) is 9.84 Å². The Morgan fingerprint density at radius 1 is 1.26 bits per heavy atom. The summed E-state index contributed by atoms with van der Waals surface area (Å²) in [5, 5.41) is 2.53. The topological polar surface area (TPSA) is 178 Å². The van der Waals surface area contributed by atoms with Crippen molar-refractivity contribution in [3.63, 3.8) is 0 Å². The summed E-state index contributed by atoms with van der Waals surface area (Å²) in [6.45, 7) is 1.52. The second-order valence-corrected chi connectivity index (χ2v) is 9.22. The lowest BCUT2D eigenvalue weighted by Gasteiger charge is -2.08. The lowest BCUT2D eigenvalue weighted by molar-refractivity contribution is 0.483. The van der Waals surface area contributed by atoms with Crippen molar-refractivity contribution < 1.29 is 21.4 Å². The second-order valence-electron chi connectivity index (χ2n) is 5.09. The molecule has 0 fully saturated rings. The zero-order valence-corrected chi connectivity index (χ0v) is 16.3. The van der Waals surface area contributed by atoms with Crippen LogP contribution in [0.4, 0.5) is 23.3 Å². The molecule has 0 radical (unpaired) electrons. The van der Waals surface area contributed by atoms with Gasteiger partial charge in [0.1, 0.15) is 4.90 Å². The van der Waals surface area contributed by atoms with Crippen LogP contribution < -0.4 is 11.1 Å². The molecule has 0 aliphatic rings. The van der Waals surface area contributed by atoms with Gasteiger partial charge in [-0.3, -0.25) is 4.55 Å². The minimum Gasteiger partial charge on any atom is -0.398 e. The van der Waals surface area contributed by atoms with Crippen LogP contribution in [0.1, 0.15) is 6.92 Å². The molecule has 0 saturated heterocycles. The third kappa shape index (κ3) is 6.09. The Morgan fingerprint density at radius 2 is 1.96 bits per heavy atom. The fourth-order valence-electron chi connectivity index (χ4n) is 1.79. The number of benzene rings is 1. The molecule has 11 nitrogen and oxygen atoms in total. The number of halogens is 1. The molecule has 1 heterocycles. The average molecular weight is 435 g/mol. The second kappa shape index (κ2) is 8.12. The molecular formula is C13H15ClN6O5S2. The van der Waals surface area contributed by atoms with Crippen LogP contribution in [0.15, 0.2) is 28.1 Å². The Morgan fingerprint density at radius 3 is 2.56 bits per heavy atom. The van der Waals surface area contributed by atoms with Crippen molar-refractivity contribution in [3.05, 3.63) is 23.5 Å². The van der Waals surface area contributed by atoms with Gasteiger partial charge in [-0.05, 0) is 29.8 Å². The summed E-state index contributed by atoms with van der Waals surface area (Å²) in [6, 6.07) is 3.68. The molecule has 1 aromatic heterocycles. The van der Waals surface area contributed by atoms with Crippen LogP contribution in [0.25, 0.3) is 0 Å². The maximum atomic E-state index is 11.4. The first kappa shape index (κ1) is 21.0. The minimum atomic E-state index is -4.44. The summed E-state index contributed by atoms with van der Waals surface area (Å²) in [5.74, 6) is -0.445. The van der Waals surface area contributed by atoms with Crippen molar-refractivity contribution in [1.29, 1.82) is 0 Å². The molecule has 0 bridgehead atoms. The van der Waals surface area contributed by atoms with Gasteiger partial charge in [0.2, 0.25) is 11.2 Å². The largest absolute Gasteiger partial charge is 0.398 e. The van der Waals surface area contributed by atoms with E-state index < -0.39 is 24.9 Å². The van der Waals surface area contributed by atoms with Crippen molar-refractivity contribution in [2.75, 3.05) is 22.6 Å². The standard InChI is InChI=1S/C13H15ClN6O5S2/c1-2-26(21,22)6-5-16-12-18-11(14)19-13(20-12)17-8-3-4-10(9(15)7-8)27(23,24)25/h3-5,7H,2,6,15H2,1H3,(H,23,24,25)(H,17,18,19,20). The smallest absolute Gasteiger partial charge is 0.296 e. The Hall–Kier alpha value is -2.35. The maximum Gasteiger partial charge on any atom is 0.296 e. The average Bonchev–Trinajstić information content (AvgIpc) is 2.53. The molecule has 1 aromatic carbocycles. The number of hydrogen-bond acceptors (Lipinski definition) is 10. The molecule has 0 aliphatic carbocycles. The number of nitrogens with two attached hydrogens (primary N) is 1. The van der Waals surface area contributed by atoms with Crippen LogP contribution in [0.3, 0.4) is 0 Å². The summed E-state index contributed by atoms with van der Waals surface area (Å²) in [6.07, 6.45) is 1.15. The zero-order chi connectivity index (χ0) is 20.2. The normalized spacial score (nSPS) is 12.4. The summed E-state index contributed by atoms with van der Waals surface area (Å²) in [5.41, 5.74) is 5.72. The molecule has 0 amide bonds. The number of anilines is 3. The Bertz CT molecular complexity index is 1090. The molecule has 0 spiro atoms. The molecule has 0 saturated carbocycles. The van der Waals surface area contributed by atoms with Crippen molar-refractivity contribution in [2.45, 2.75) is 11.8 Å². The van der Waals surface area contributed by atoms with Crippen molar-refractivity contribution in [1.82, 2.24) is 15.0 Å². The van der Waals surface area contributed by atoms with Gasteiger partial charge < -0.3 is 11.1 Å². The van der Waals surface area contributed by atoms with Gasteiger partial charge in [-0.2, -0.15) is 23.4 Å². The quantitative estimate of drug-likeness (QED) is 0.326. The number of aliphatic imine (C=N–C) groups is 1. The van der Waals surface area contributed by atoms with E-state index in [1.54, 1.807) is 0 Å². The molecule has 146 valence electrons. The van der Waals surface area contributed by atoms with Gasteiger partial charge >= 0.3 is 0 Å². The molecular weight excluding hydrogens is 420 g/mol. The summed E-state index contributed by atoms with van der Waals surface area (Å²) < 4.78 is 54.2. The summed E-state index contributed by atoms with van der Waals surface area (Å²) in [7, 11) is -7.68. The van der Waals surface area contributed by atoms with Crippen LogP contribution >= 0.6 is 11.6 Å². The van der Waals surface area contributed by atoms with Crippen molar-refractivity contribution in [2.24, 2.45) is 4.99 Å². The van der Waals surface area contributed by atoms with Crippen LogP contribution in [0.5, 0.6) is 0 Å². The van der Waals surface area contributed by atoms with E-state index in [4.69, 9.17) is 21.9 Å². The number of aromatic nitrogens is 3. The first-order valence-corrected chi connectivity index (χ1v) is 10.9. The first-order valence-electron chi connectivity index (χ1n) is 7.29. The van der Waals surface area contributed by atoms with Crippen LogP contribution in [0, 0.1) is 0 Å². The van der Waals surface area contributed by atoms with Crippen LogP contribution in [-0.4, -0.2) is 54.1 Å². The third-order valence-electron chi connectivity index (χ3n) is 3.12. The minimum absolute atomic E-state index is 0.0231. The number of nitrogens with zero attached hydrogens (tertiary/aromatic N) is 4. The predicted molar refractivity (Wildman–Crippen MR) is 101 cm³/mol. The first-order chi connectivity index (χ1) is 12.5. The van der Waals surface area contributed by atoms with Crippen molar-refractivity contribution in [3.8, 4) is 0 Å². The number of nitrogen functional groups attached to an aromatic ring is 1. The van der Waals surface area contributed by atoms with E-state index in [9.17, 15) is 16.8 Å². The SMILES string of the molecule is CCS(=O)(=O)CC=Nc1nc(Cl)nc(Nc2ccc(S(=O)(=O)O)c(N)c2)n1. The highest BCUT2D eigenvalue weighted by molar-refractivity contribution is 7.91. The van der Waals surface area contributed by atoms with Gasteiger partial charge in [-0.1, -0.05) is 6.92 Å². The lowest BCUT2D eigenvalue weighted by Crippen LogP contribution is -2.09. The predicted octanol–water partition coefficient (Wildman–Crippen LogP) is 1.23. The molecule has 2 rings (SSSR count). The van der Waals surface area contributed by atoms with E-state index in [2.05, 4.69) is 25.3 Å². The molecule has 27 heavy (non-hydrogen) atoms. The van der Waals surface area contributed by atoms with E-state index in [-0.39, 0.29) is 34.4 Å². The van der Waals surface area contributed by atoms with E-state index in [0.717, 1.165) is 12.3 Å². The highest BCUT2D eigenvalue weighted by Gasteiger charge is 2.14. The van der Waals surface area contributed by atoms with Crippen molar-refractivity contribution >= 4 is 61.0 Å². The molecule has 14 heteroatoms. The molecule has 0 aliphatic heterocycles. The number of hydrogen-bond donors (Lipinski definition) is 3. The van der Waals surface area contributed by atoms with E-state index in [1.165, 1.54) is 19.1 Å². The van der Waals surface area contributed by atoms with Crippen LogP contribution in [-0.2, 0) is 20.0 Å². The van der Waals surface area contributed by atoms with E-state index in [1.807, 2.05) is 0 Å². The monoisotopic (exact) mass is 434 g/mol. The maximum absolute atomic E-state index is 11.4.